The highest BCUT2D eigenvalue weighted by molar-refractivity contribution is 7.99. The normalized spacial score (nSPS) is 27.6. The van der Waals surface area contributed by atoms with E-state index in [1.165, 1.54) is 0 Å². The Morgan fingerprint density at radius 2 is 2.50 bits per heavy atom. The van der Waals surface area contributed by atoms with E-state index in [0.29, 0.717) is 13.0 Å². The van der Waals surface area contributed by atoms with Crippen LogP contribution < -0.4 is 0 Å². The van der Waals surface area contributed by atoms with Crippen LogP contribution in [0.2, 0.25) is 0 Å². The molecule has 14 heavy (non-hydrogen) atoms. The molecule has 0 N–H and O–H groups in total. The van der Waals surface area contributed by atoms with Crippen molar-refractivity contribution in [3.05, 3.63) is 11.9 Å². The number of amides is 1. The summed E-state index contributed by atoms with van der Waals surface area (Å²) in [6.45, 7) is 0.882. The molecule has 0 aromatic carbocycles. The van der Waals surface area contributed by atoms with E-state index in [1.54, 1.807) is 11.0 Å². The lowest BCUT2D eigenvalue weighted by Gasteiger charge is -2.26. The zero-order chi connectivity index (χ0) is 9.97. The fourth-order valence-corrected chi connectivity index (χ4v) is 3.09. The first-order valence-electron chi connectivity index (χ1n) is 4.98. The zero-order valence-corrected chi connectivity index (χ0v) is 8.86. The lowest BCUT2D eigenvalue weighted by Crippen LogP contribution is -2.39. The molecule has 1 fully saturated rings. The average molecular weight is 215 g/mol. The van der Waals surface area contributed by atoms with Crippen LogP contribution in [0.5, 0.6) is 0 Å². The molecule has 2 aliphatic heterocycles. The SMILES string of the molecule is O=C(C1CCSC1)N1CCC=C(F)C1. The number of carbonyl (C=O) groups is 1. The van der Waals surface area contributed by atoms with Crippen molar-refractivity contribution in [3.63, 3.8) is 0 Å². The molecule has 0 aliphatic carbocycles. The van der Waals surface area contributed by atoms with Gasteiger partial charge in [0.25, 0.3) is 0 Å². The van der Waals surface area contributed by atoms with Crippen LogP contribution in [0.1, 0.15) is 12.8 Å². The van der Waals surface area contributed by atoms with E-state index in [0.717, 1.165) is 17.9 Å². The van der Waals surface area contributed by atoms with Gasteiger partial charge in [-0.2, -0.15) is 11.8 Å². The minimum absolute atomic E-state index is 0.144. The van der Waals surface area contributed by atoms with E-state index < -0.39 is 0 Å². The summed E-state index contributed by atoms with van der Waals surface area (Å²) >= 11 is 1.82. The molecule has 78 valence electrons. The number of rotatable bonds is 1. The summed E-state index contributed by atoms with van der Waals surface area (Å²) in [7, 11) is 0. The van der Waals surface area contributed by atoms with Gasteiger partial charge in [0.15, 0.2) is 0 Å². The Balaban J connectivity index is 1.94. The molecule has 2 nitrogen and oxygen atoms in total. The van der Waals surface area contributed by atoms with Crippen molar-refractivity contribution in [2.75, 3.05) is 24.6 Å². The quantitative estimate of drug-likeness (QED) is 0.665. The monoisotopic (exact) mass is 215 g/mol. The van der Waals surface area contributed by atoms with Crippen LogP contribution in [-0.2, 0) is 4.79 Å². The minimum Gasteiger partial charge on any atom is -0.335 e. The maximum atomic E-state index is 12.9. The maximum Gasteiger partial charge on any atom is 0.226 e. The highest BCUT2D eigenvalue weighted by Crippen LogP contribution is 2.26. The van der Waals surface area contributed by atoms with Gasteiger partial charge in [0.05, 0.1) is 6.54 Å². The van der Waals surface area contributed by atoms with Crippen molar-refractivity contribution in [3.8, 4) is 0 Å². The first-order valence-corrected chi connectivity index (χ1v) is 6.14. The van der Waals surface area contributed by atoms with Crippen LogP contribution in [0.3, 0.4) is 0 Å². The highest BCUT2D eigenvalue weighted by atomic mass is 32.2. The van der Waals surface area contributed by atoms with E-state index in [1.807, 2.05) is 11.8 Å². The molecular formula is C10H14FNOS. The largest absolute Gasteiger partial charge is 0.335 e. The second-order valence-electron chi connectivity index (χ2n) is 3.76. The third-order valence-corrected chi connectivity index (χ3v) is 3.86. The van der Waals surface area contributed by atoms with Crippen LogP contribution >= 0.6 is 11.8 Å². The van der Waals surface area contributed by atoms with E-state index in [9.17, 15) is 9.18 Å². The summed E-state index contributed by atoms with van der Waals surface area (Å²) in [6.07, 6.45) is 3.20. The Labute approximate surface area is 87.5 Å². The second kappa shape index (κ2) is 4.34. The van der Waals surface area contributed by atoms with Gasteiger partial charge in [-0.3, -0.25) is 4.79 Å². The molecule has 0 spiro atoms. The number of hydrogen-bond donors (Lipinski definition) is 0. The first-order chi connectivity index (χ1) is 6.77. The maximum absolute atomic E-state index is 12.9. The van der Waals surface area contributed by atoms with E-state index >= 15 is 0 Å². The van der Waals surface area contributed by atoms with Crippen LogP contribution in [-0.4, -0.2) is 35.4 Å². The Hall–Kier alpha value is -0.510. The molecule has 0 bridgehead atoms. The molecule has 1 atom stereocenters. The summed E-state index contributed by atoms with van der Waals surface area (Å²) in [5.41, 5.74) is 0. The van der Waals surface area contributed by atoms with Gasteiger partial charge >= 0.3 is 0 Å². The van der Waals surface area contributed by atoms with Gasteiger partial charge in [0, 0.05) is 18.2 Å². The summed E-state index contributed by atoms with van der Waals surface area (Å²) in [5, 5.41) is 0. The summed E-state index contributed by atoms with van der Waals surface area (Å²) in [5.74, 6) is 2.13. The van der Waals surface area contributed by atoms with E-state index in [2.05, 4.69) is 0 Å². The summed E-state index contributed by atoms with van der Waals surface area (Å²) in [6, 6.07) is 0. The molecule has 0 radical (unpaired) electrons. The Morgan fingerprint density at radius 3 is 3.14 bits per heavy atom. The molecule has 0 aromatic rings. The van der Waals surface area contributed by atoms with Crippen LogP contribution in [0.4, 0.5) is 4.39 Å². The molecule has 2 aliphatic rings. The van der Waals surface area contributed by atoms with Crippen molar-refractivity contribution in [1.82, 2.24) is 4.90 Å². The van der Waals surface area contributed by atoms with Gasteiger partial charge in [-0.15, -0.1) is 0 Å². The molecular weight excluding hydrogens is 201 g/mol. The Kier molecular flexibility index (Phi) is 3.11. The first kappa shape index (κ1) is 10.0. The molecule has 0 aromatic heterocycles. The topological polar surface area (TPSA) is 20.3 Å². The third-order valence-electron chi connectivity index (χ3n) is 2.70. The standard InChI is InChI=1S/C10H14FNOS/c11-9-2-1-4-12(6-9)10(13)8-3-5-14-7-8/h2,8H,1,3-7H2. The zero-order valence-electron chi connectivity index (χ0n) is 8.04. The predicted molar refractivity (Wildman–Crippen MR) is 55.8 cm³/mol. The van der Waals surface area contributed by atoms with Crippen molar-refractivity contribution in [2.24, 2.45) is 5.92 Å². The smallest absolute Gasteiger partial charge is 0.226 e. The van der Waals surface area contributed by atoms with Gasteiger partial charge in [-0.05, 0) is 24.7 Å². The van der Waals surface area contributed by atoms with Crippen LogP contribution in [0, 0.1) is 5.92 Å². The molecule has 0 saturated carbocycles. The van der Waals surface area contributed by atoms with Crippen LogP contribution in [0.15, 0.2) is 11.9 Å². The van der Waals surface area contributed by atoms with Crippen molar-refractivity contribution in [1.29, 1.82) is 0 Å². The number of nitrogens with zero attached hydrogens (tertiary/aromatic N) is 1. The van der Waals surface area contributed by atoms with Gasteiger partial charge in [-0.25, -0.2) is 4.39 Å². The molecule has 2 rings (SSSR count). The number of hydrogen-bond acceptors (Lipinski definition) is 2. The van der Waals surface area contributed by atoms with Crippen LogP contribution in [0.25, 0.3) is 0 Å². The van der Waals surface area contributed by atoms with Crippen molar-refractivity contribution in [2.45, 2.75) is 12.8 Å². The van der Waals surface area contributed by atoms with Crippen molar-refractivity contribution >= 4 is 17.7 Å². The molecule has 4 heteroatoms. The molecule has 1 unspecified atom stereocenters. The summed E-state index contributed by atoms with van der Waals surface area (Å²) < 4.78 is 12.9. The fourth-order valence-electron chi connectivity index (χ4n) is 1.88. The average Bonchev–Trinajstić information content (AvgIpc) is 2.69. The Bertz CT molecular complexity index is 261. The minimum atomic E-state index is -0.157. The van der Waals surface area contributed by atoms with E-state index in [-0.39, 0.29) is 24.2 Å². The second-order valence-corrected chi connectivity index (χ2v) is 4.91. The summed E-state index contributed by atoms with van der Waals surface area (Å²) in [4.78, 5) is 13.5. The predicted octanol–water partition coefficient (Wildman–Crippen LogP) is 1.83. The lowest BCUT2D eigenvalue weighted by molar-refractivity contribution is -0.134. The van der Waals surface area contributed by atoms with Gasteiger partial charge in [-0.1, -0.05) is 0 Å². The molecule has 2 heterocycles. The fraction of sp³-hybridized carbons (Fsp3) is 0.700. The van der Waals surface area contributed by atoms with Gasteiger partial charge in [0.1, 0.15) is 5.83 Å². The third kappa shape index (κ3) is 2.11. The van der Waals surface area contributed by atoms with Gasteiger partial charge in [0.2, 0.25) is 5.91 Å². The number of halogens is 1. The Morgan fingerprint density at radius 1 is 1.64 bits per heavy atom. The van der Waals surface area contributed by atoms with Crippen molar-refractivity contribution < 1.29 is 9.18 Å². The molecule has 1 amide bonds. The number of thioether (sulfide) groups is 1. The number of carbonyl (C=O) groups excluding carboxylic acids is 1. The van der Waals surface area contributed by atoms with E-state index in [4.69, 9.17) is 0 Å². The lowest BCUT2D eigenvalue weighted by atomic mass is 10.1. The van der Waals surface area contributed by atoms with Gasteiger partial charge < -0.3 is 4.90 Å². The molecule has 1 saturated heterocycles. The highest BCUT2D eigenvalue weighted by Gasteiger charge is 2.28.